The minimum absolute atomic E-state index is 0.00179. The molecule has 0 saturated carbocycles. The zero-order valence-electron chi connectivity index (χ0n) is 16.3. The molecule has 2 aromatic rings. The largest absolute Gasteiger partial charge is 0.507 e. The number of aliphatic imine (C=N–C) groups is 1. The number of hydrogen-bond acceptors (Lipinski definition) is 7. The number of benzene rings is 2. The molecule has 0 atom stereocenters. The van der Waals surface area contributed by atoms with E-state index in [-0.39, 0.29) is 23.7 Å². The highest BCUT2D eigenvalue weighted by atomic mass is 32.2. The summed E-state index contributed by atoms with van der Waals surface area (Å²) in [5, 5.41) is 21.3. The van der Waals surface area contributed by atoms with E-state index in [9.17, 15) is 15.0 Å². The molecule has 2 aromatic carbocycles. The van der Waals surface area contributed by atoms with Gasteiger partial charge < -0.3 is 19.7 Å². The summed E-state index contributed by atoms with van der Waals surface area (Å²) in [7, 11) is 1.56. The van der Waals surface area contributed by atoms with Crippen molar-refractivity contribution in [3.63, 3.8) is 0 Å². The third-order valence-electron chi connectivity index (χ3n) is 4.21. The Morgan fingerprint density at radius 3 is 2.69 bits per heavy atom. The molecule has 0 bridgehead atoms. The number of methoxy groups -OCH3 is 1. The van der Waals surface area contributed by atoms with Gasteiger partial charge in [0.15, 0.2) is 0 Å². The zero-order chi connectivity index (χ0) is 21.0. The Hall–Kier alpha value is -3.19. The number of ether oxygens (including phenoxy) is 2. The van der Waals surface area contributed by atoms with Gasteiger partial charge in [-0.2, -0.15) is 0 Å². The molecule has 0 amide bonds. The van der Waals surface area contributed by atoms with Gasteiger partial charge >= 0.3 is 5.97 Å². The number of aliphatic hydroxyl groups is 1. The van der Waals surface area contributed by atoms with Crippen LogP contribution in [0.1, 0.15) is 18.1 Å². The number of phenols is 1. The molecule has 29 heavy (non-hydrogen) atoms. The van der Waals surface area contributed by atoms with E-state index < -0.39 is 5.97 Å². The second-order valence-corrected chi connectivity index (χ2v) is 7.22. The SMILES string of the molecule is CCOC(=O)C1=C(O)C(=Cc2cccc(C)c2O)SC1=Nc1cccc(OC)c1. The van der Waals surface area contributed by atoms with Crippen molar-refractivity contribution in [3.8, 4) is 11.5 Å². The molecule has 0 aromatic heterocycles. The van der Waals surface area contributed by atoms with Gasteiger partial charge in [-0.25, -0.2) is 9.79 Å². The fourth-order valence-corrected chi connectivity index (χ4v) is 3.75. The monoisotopic (exact) mass is 411 g/mol. The second kappa shape index (κ2) is 8.87. The highest BCUT2D eigenvalue weighted by Crippen LogP contribution is 2.41. The number of phenolic OH excluding ortho intramolecular Hbond substituents is 1. The van der Waals surface area contributed by atoms with Gasteiger partial charge in [0, 0.05) is 11.6 Å². The molecule has 1 aliphatic rings. The molecule has 1 heterocycles. The van der Waals surface area contributed by atoms with Crippen molar-refractivity contribution in [2.24, 2.45) is 4.99 Å². The van der Waals surface area contributed by atoms with Crippen molar-refractivity contribution in [2.45, 2.75) is 13.8 Å². The van der Waals surface area contributed by atoms with Gasteiger partial charge in [-0.3, -0.25) is 0 Å². The van der Waals surface area contributed by atoms with Crippen LogP contribution in [-0.4, -0.2) is 34.9 Å². The number of esters is 1. The van der Waals surface area contributed by atoms with E-state index in [4.69, 9.17) is 9.47 Å². The van der Waals surface area contributed by atoms with Crippen molar-refractivity contribution in [1.82, 2.24) is 0 Å². The van der Waals surface area contributed by atoms with E-state index in [1.165, 1.54) is 0 Å². The Balaban J connectivity index is 2.07. The average molecular weight is 411 g/mol. The number of rotatable bonds is 5. The van der Waals surface area contributed by atoms with Gasteiger partial charge in [0.2, 0.25) is 0 Å². The minimum Gasteiger partial charge on any atom is -0.507 e. The Morgan fingerprint density at radius 2 is 1.97 bits per heavy atom. The van der Waals surface area contributed by atoms with Gasteiger partial charge in [-0.15, -0.1) is 0 Å². The Morgan fingerprint density at radius 1 is 1.21 bits per heavy atom. The maximum Gasteiger partial charge on any atom is 0.344 e. The summed E-state index contributed by atoms with van der Waals surface area (Å²) in [6.07, 6.45) is 1.62. The summed E-state index contributed by atoms with van der Waals surface area (Å²) in [5.41, 5.74) is 1.81. The molecule has 150 valence electrons. The topological polar surface area (TPSA) is 88.4 Å². The van der Waals surface area contributed by atoms with E-state index in [1.54, 1.807) is 69.5 Å². The van der Waals surface area contributed by atoms with Crippen LogP contribution in [0, 0.1) is 6.92 Å². The van der Waals surface area contributed by atoms with Gasteiger partial charge in [-0.1, -0.05) is 36.0 Å². The van der Waals surface area contributed by atoms with Crippen LogP contribution < -0.4 is 4.74 Å². The smallest absolute Gasteiger partial charge is 0.344 e. The van der Waals surface area contributed by atoms with Crippen molar-refractivity contribution >= 4 is 34.5 Å². The standard InChI is InChI=1S/C22H21NO5S/c1-4-28-22(26)18-20(25)17(11-14-8-5-7-13(2)19(14)24)29-21(18)23-15-9-6-10-16(12-15)27-3/h5-12,24-25H,4H2,1-3H3. The molecule has 7 heteroatoms. The summed E-state index contributed by atoms with van der Waals surface area (Å²) in [5.74, 6) is -0.141. The summed E-state index contributed by atoms with van der Waals surface area (Å²) in [4.78, 5) is 17.4. The quantitative estimate of drug-likeness (QED) is 0.680. The number of carbonyl (C=O) groups excluding carboxylic acids is 1. The first-order valence-corrected chi connectivity index (χ1v) is 9.78. The molecule has 3 rings (SSSR count). The molecule has 0 radical (unpaired) electrons. The predicted octanol–water partition coefficient (Wildman–Crippen LogP) is 4.90. The maximum atomic E-state index is 12.5. The highest BCUT2D eigenvalue weighted by Gasteiger charge is 2.33. The average Bonchev–Trinajstić information content (AvgIpc) is 3.00. The van der Waals surface area contributed by atoms with Crippen LogP contribution in [0.4, 0.5) is 5.69 Å². The fourth-order valence-electron chi connectivity index (χ4n) is 2.73. The van der Waals surface area contributed by atoms with Crippen LogP contribution in [0.5, 0.6) is 11.5 Å². The Kier molecular flexibility index (Phi) is 6.29. The summed E-state index contributed by atoms with van der Waals surface area (Å²) < 4.78 is 10.3. The Bertz CT molecular complexity index is 1040. The van der Waals surface area contributed by atoms with Gasteiger partial charge in [-0.05, 0) is 37.6 Å². The first kappa shape index (κ1) is 20.5. The summed E-state index contributed by atoms with van der Waals surface area (Å²) in [6.45, 7) is 3.65. The second-order valence-electron chi connectivity index (χ2n) is 6.19. The van der Waals surface area contributed by atoms with E-state index in [0.29, 0.717) is 32.5 Å². The van der Waals surface area contributed by atoms with Gasteiger partial charge in [0.25, 0.3) is 0 Å². The van der Waals surface area contributed by atoms with Crippen LogP contribution >= 0.6 is 11.8 Å². The first-order chi connectivity index (χ1) is 13.9. The predicted molar refractivity (Wildman–Crippen MR) is 115 cm³/mol. The van der Waals surface area contributed by atoms with E-state index >= 15 is 0 Å². The van der Waals surface area contributed by atoms with Gasteiger partial charge in [0.1, 0.15) is 27.9 Å². The molecule has 0 saturated heterocycles. The van der Waals surface area contributed by atoms with Gasteiger partial charge in [0.05, 0.1) is 24.3 Å². The molecule has 1 aliphatic heterocycles. The third kappa shape index (κ3) is 4.46. The molecule has 0 unspecified atom stereocenters. The Labute approximate surface area is 173 Å². The van der Waals surface area contributed by atoms with Crippen LogP contribution in [0.2, 0.25) is 0 Å². The third-order valence-corrected chi connectivity index (χ3v) is 5.23. The number of carbonyl (C=O) groups is 1. The number of hydrogen-bond donors (Lipinski definition) is 2. The molecule has 0 aliphatic carbocycles. The molecular weight excluding hydrogens is 390 g/mol. The van der Waals surface area contributed by atoms with Crippen molar-refractivity contribution < 1.29 is 24.5 Å². The fraction of sp³-hybridized carbons (Fsp3) is 0.182. The van der Waals surface area contributed by atoms with E-state index in [2.05, 4.69) is 4.99 Å². The van der Waals surface area contributed by atoms with Crippen molar-refractivity contribution in [1.29, 1.82) is 0 Å². The van der Waals surface area contributed by atoms with E-state index in [0.717, 1.165) is 11.8 Å². The lowest BCUT2D eigenvalue weighted by Crippen LogP contribution is -2.12. The van der Waals surface area contributed by atoms with Crippen LogP contribution in [-0.2, 0) is 9.53 Å². The number of nitrogens with zero attached hydrogens (tertiary/aromatic N) is 1. The number of aryl methyl sites for hydroxylation is 1. The molecule has 2 N–H and O–H groups in total. The zero-order valence-corrected chi connectivity index (χ0v) is 17.1. The van der Waals surface area contributed by atoms with Crippen molar-refractivity contribution in [3.05, 3.63) is 69.8 Å². The maximum absolute atomic E-state index is 12.5. The van der Waals surface area contributed by atoms with Crippen molar-refractivity contribution in [2.75, 3.05) is 13.7 Å². The minimum atomic E-state index is -0.656. The lowest BCUT2D eigenvalue weighted by Gasteiger charge is -2.04. The number of aromatic hydroxyl groups is 1. The first-order valence-electron chi connectivity index (χ1n) is 8.96. The lowest BCUT2D eigenvalue weighted by molar-refractivity contribution is -0.138. The summed E-state index contributed by atoms with van der Waals surface area (Å²) in [6, 6.07) is 12.4. The van der Waals surface area contributed by atoms with Crippen LogP contribution in [0.3, 0.4) is 0 Å². The lowest BCUT2D eigenvalue weighted by atomic mass is 10.1. The van der Waals surface area contributed by atoms with E-state index in [1.807, 2.05) is 0 Å². The highest BCUT2D eigenvalue weighted by molar-refractivity contribution is 8.18. The molecule has 0 fully saturated rings. The summed E-state index contributed by atoms with van der Waals surface area (Å²) >= 11 is 1.13. The molecular formula is C22H21NO5S. The number of aliphatic hydroxyl groups excluding tert-OH is 1. The number of para-hydroxylation sites is 1. The number of thioether (sulfide) groups is 1. The molecule has 6 nitrogen and oxygen atoms in total. The van der Waals surface area contributed by atoms with Crippen LogP contribution in [0.15, 0.2) is 63.7 Å². The van der Waals surface area contributed by atoms with Crippen LogP contribution in [0.25, 0.3) is 6.08 Å². The normalized spacial score (nSPS) is 16.5. The molecule has 0 spiro atoms.